The van der Waals surface area contributed by atoms with Crippen molar-refractivity contribution in [3.05, 3.63) is 76.5 Å². The summed E-state index contributed by atoms with van der Waals surface area (Å²) in [4.78, 5) is 5.41. The third-order valence-electron chi connectivity index (χ3n) is 2.93. The molecule has 2 aromatic rings. The summed E-state index contributed by atoms with van der Waals surface area (Å²) < 4.78 is 0. The fourth-order valence-electron chi connectivity index (χ4n) is 2.15. The summed E-state index contributed by atoms with van der Waals surface area (Å²) in [5.41, 5.74) is 7.53. The van der Waals surface area contributed by atoms with Gasteiger partial charge in [-0.25, -0.2) is 0 Å². The number of nitriles is 1. The van der Waals surface area contributed by atoms with E-state index < -0.39 is 0 Å². The molecule has 2 aromatic carbocycles. The van der Waals surface area contributed by atoms with E-state index in [1.807, 2.05) is 30.3 Å². The molecule has 0 heterocycles. The van der Waals surface area contributed by atoms with Gasteiger partial charge in [0.15, 0.2) is 0 Å². The van der Waals surface area contributed by atoms with Crippen LogP contribution in [0.1, 0.15) is 22.3 Å². The van der Waals surface area contributed by atoms with Crippen LogP contribution in [0.4, 0.5) is 0 Å². The van der Waals surface area contributed by atoms with Crippen LogP contribution in [0.15, 0.2) is 54.2 Å². The molecule has 0 aliphatic heterocycles. The van der Waals surface area contributed by atoms with Gasteiger partial charge < -0.3 is 0 Å². The molecule has 0 fully saturated rings. The summed E-state index contributed by atoms with van der Waals surface area (Å²) in [5, 5.41) is 9.11. The first kappa shape index (κ1) is 14.8. The zero-order valence-electron chi connectivity index (χ0n) is 12.3. The van der Waals surface area contributed by atoms with Crippen molar-refractivity contribution >= 4 is 6.08 Å². The van der Waals surface area contributed by atoms with E-state index in [-0.39, 0.29) is 0 Å². The van der Waals surface area contributed by atoms with Crippen LogP contribution in [0.3, 0.4) is 0 Å². The Morgan fingerprint density at radius 2 is 1.81 bits per heavy atom. The van der Waals surface area contributed by atoms with E-state index in [0.29, 0.717) is 12.3 Å². The van der Waals surface area contributed by atoms with Gasteiger partial charge in [0.2, 0.25) is 0 Å². The van der Waals surface area contributed by atoms with Gasteiger partial charge in [0, 0.05) is 0 Å². The fraction of sp³-hybridized carbons (Fsp3) is 0.167. The molecule has 21 heavy (non-hydrogen) atoms. The summed E-state index contributed by atoms with van der Waals surface area (Å²) in [6, 6.07) is 18.0. The highest BCUT2D eigenvalue weighted by Gasteiger charge is 1.99. The molecule has 0 spiro atoms. The number of aryl methyl sites for hydroxylation is 2. The van der Waals surface area contributed by atoms with E-state index in [1.165, 1.54) is 11.1 Å². The van der Waals surface area contributed by atoms with Crippen molar-refractivity contribution in [2.75, 3.05) is 0 Å². The lowest BCUT2D eigenvalue weighted by Gasteiger charge is -2.07. The topological polar surface area (TPSA) is 45.0 Å². The molecule has 0 saturated carbocycles. The first-order valence-corrected chi connectivity index (χ1v) is 6.79. The summed E-state index contributed by atoms with van der Waals surface area (Å²) in [6.45, 7) is 4.52. The van der Waals surface area contributed by atoms with Crippen LogP contribution in [-0.4, -0.2) is 0 Å². The van der Waals surface area contributed by atoms with Crippen molar-refractivity contribution in [2.24, 2.45) is 0 Å². The Hall–Kier alpha value is -2.57. The summed E-state index contributed by atoms with van der Waals surface area (Å²) in [7, 11) is 0. The van der Waals surface area contributed by atoms with Crippen LogP contribution in [0, 0.1) is 25.2 Å². The van der Waals surface area contributed by atoms with Crippen LogP contribution in [-0.2, 0) is 11.4 Å². The molecule has 3 nitrogen and oxygen atoms in total. The molecule has 106 valence electrons. The molecule has 0 amide bonds. The predicted molar refractivity (Wildman–Crippen MR) is 83.9 cm³/mol. The third kappa shape index (κ3) is 4.79. The van der Waals surface area contributed by atoms with Crippen molar-refractivity contribution in [2.45, 2.75) is 20.5 Å². The van der Waals surface area contributed by atoms with E-state index in [4.69, 9.17) is 10.1 Å². The van der Waals surface area contributed by atoms with Gasteiger partial charge in [0.1, 0.15) is 11.8 Å². The minimum absolute atomic E-state index is 0.380. The Morgan fingerprint density at radius 3 is 2.43 bits per heavy atom. The van der Waals surface area contributed by atoms with Gasteiger partial charge in [-0.05, 0) is 31.1 Å². The van der Waals surface area contributed by atoms with Crippen LogP contribution >= 0.6 is 0 Å². The van der Waals surface area contributed by atoms with Gasteiger partial charge in [-0.1, -0.05) is 59.7 Å². The highest BCUT2D eigenvalue weighted by atomic mass is 16.6. The van der Waals surface area contributed by atoms with Gasteiger partial charge in [0.25, 0.3) is 0 Å². The van der Waals surface area contributed by atoms with Crippen LogP contribution in [0.2, 0.25) is 0 Å². The second-order valence-electron chi connectivity index (χ2n) is 4.97. The van der Waals surface area contributed by atoms with Gasteiger partial charge in [-0.15, -0.1) is 0 Å². The third-order valence-corrected chi connectivity index (χ3v) is 2.93. The van der Waals surface area contributed by atoms with Crippen LogP contribution in [0.25, 0.3) is 6.08 Å². The molecule has 1 N–H and O–H groups in total. The normalized spacial score (nSPS) is 11.0. The Morgan fingerprint density at radius 1 is 1.14 bits per heavy atom. The van der Waals surface area contributed by atoms with Crippen molar-refractivity contribution in [1.29, 1.82) is 5.26 Å². The molecular formula is C18H18N2O. The van der Waals surface area contributed by atoms with E-state index in [0.717, 1.165) is 11.1 Å². The van der Waals surface area contributed by atoms with Crippen molar-refractivity contribution in [1.82, 2.24) is 5.48 Å². The second-order valence-corrected chi connectivity index (χ2v) is 4.97. The Balaban J connectivity index is 1.95. The highest BCUT2D eigenvalue weighted by molar-refractivity contribution is 5.55. The minimum Gasteiger partial charge on any atom is -0.271 e. The maximum absolute atomic E-state index is 9.11. The summed E-state index contributed by atoms with van der Waals surface area (Å²) in [6.07, 6.45) is 1.75. The minimum atomic E-state index is 0.380. The highest BCUT2D eigenvalue weighted by Crippen LogP contribution is 2.10. The number of hydrogen-bond donors (Lipinski definition) is 1. The predicted octanol–water partition coefficient (Wildman–Crippen LogP) is 3.89. The van der Waals surface area contributed by atoms with Crippen molar-refractivity contribution in [3.8, 4) is 6.07 Å². The summed E-state index contributed by atoms with van der Waals surface area (Å²) >= 11 is 0. The summed E-state index contributed by atoms with van der Waals surface area (Å²) in [5.74, 6) is 0. The smallest absolute Gasteiger partial charge is 0.138 e. The SMILES string of the molecule is Cc1cc(C)cc(CONC(C#N)=Cc2ccccc2)c1. The molecular weight excluding hydrogens is 260 g/mol. The number of hydroxylamine groups is 1. The van der Waals surface area contributed by atoms with Crippen LogP contribution in [0.5, 0.6) is 0 Å². The second kappa shape index (κ2) is 7.28. The zero-order chi connectivity index (χ0) is 15.1. The molecule has 0 atom stereocenters. The molecule has 0 aromatic heterocycles. The number of allylic oxidation sites excluding steroid dienone is 1. The lowest BCUT2D eigenvalue weighted by atomic mass is 10.1. The molecule has 0 aliphatic carbocycles. The lowest BCUT2D eigenvalue weighted by molar-refractivity contribution is 0.0529. The molecule has 0 unspecified atom stereocenters. The lowest BCUT2D eigenvalue weighted by Crippen LogP contribution is -2.12. The Bertz CT molecular complexity index is 649. The average molecular weight is 278 g/mol. The van der Waals surface area contributed by atoms with Crippen molar-refractivity contribution < 1.29 is 4.84 Å². The fourth-order valence-corrected chi connectivity index (χ4v) is 2.15. The van der Waals surface area contributed by atoms with Gasteiger partial charge in [-0.2, -0.15) is 5.26 Å². The van der Waals surface area contributed by atoms with E-state index in [9.17, 15) is 0 Å². The number of nitrogens with zero attached hydrogens (tertiary/aromatic N) is 1. The van der Waals surface area contributed by atoms with E-state index in [2.05, 4.69) is 43.6 Å². The molecule has 3 heteroatoms. The molecule has 0 aliphatic rings. The average Bonchev–Trinajstić information content (AvgIpc) is 2.46. The number of rotatable bonds is 5. The largest absolute Gasteiger partial charge is 0.271 e. The monoisotopic (exact) mass is 278 g/mol. The Labute approximate surface area is 125 Å². The van der Waals surface area contributed by atoms with Gasteiger partial charge >= 0.3 is 0 Å². The zero-order valence-corrected chi connectivity index (χ0v) is 12.3. The van der Waals surface area contributed by atoms with Gasteiger partial charge in [0.05, 0.1) is 6.61 Å². The number of benzene rings is 2. The Kier molecular flexibility index (Phi) is 5.14. The van der Waals surface area contributed by atoms with Crippen LogP contribution < -0.4 is 5.48 Å². The van der Waals surface area contributed by atoms with E-state index in [1.54, 1.807) is 6.08 Å². The van der Waals surface area contributed by atoms with Gasteiger partial charge in [-0.3, -0.25) is 10.3 Å². The molecule has 2 rings (SSSR count). The van der Waals surface area contributed by atoms with Crippen molar-refractivity contribution in [3.63, 3.8) is 0 Å². The first-order valence-electron chi connectivity index (χ1n) is 6.79. The standard InChI is InChI=1S/C18H18N2O/c1-14-8-15(2)10-17(9-14)13-21-20-18(12-19)11-16-6-4-3-5-7-16/h3-11,20H,13H2,1-2H3. The first-order chi connectivity index (χ1) is 10.2. The number of nitrogens with one attached hydrogen (secondary N) is 1. The quantitative estimate of drug-likeness (QED) is 0.666. The maximum Gasteiger partial charge on any atom is 0.138 e. The molecule has 0 saturated heterocycles. The molecule has 0 bridgehead atoms. The molecule has 0 radical (unpaired) electrons. The maximum atomic E-state index is 9.11. The number of hydrogen-bond acceptors (Lipinski definition) is 3. The van der Waals surface area contributed by atoms with E-state index >= 15 is 0 Å².